The Hall–Kier alpha value is -1.86. The molecule has 0 spiro atoms. The number of nitriles is 1. The van der Waals surface area contributed by atoms with E-state index in [9.17, 15) is 4.79 Å². The first-order chi connectivity index (χ1) is 9.29. The third kappa shape index (κ3) is 4.08. The lowest BCUT2D eigenvalue weighted by atomic mass is 9.96. The fraction of sp³-hybridized carbons (Fsp3) is 0.467. The maximum absolute atomic E-state index is 11.7. The fourth-order valence-corrected chi connectivity index (χ4v) is 1.92. The number of benzene rings is 1. The van der Waals surface area contributed by atoms with Crippen molar-refractivity contribution in [2.24, 2.45) is 0 Å². The predicted molar refractivity (Wildman–Crippen MR) is 72.6 cm³/mol. The largest absolute Gasteiger partial charge is 0.378 e. The first-order valence-electron chi connectivity index (χ1n) is 6.70. The van der Waals surface area contributed by atoms with E-state index in [1.807, 2.05) is 0 Å². The van der Waals surface area contributed by atoms with E-state index < -0.39 is 0 Å². The van der Waals surface area contributed by atoms with E-state index in [0.29, 0.717) is 30.4 Å². The highest BCUT2D eigenvalue weighted by Gasteiger charge is 2.17. The minimum absolute atomic E-state index is 0.0695. The van der Waals surface area contributed by atoms with Crippen LogP contribution in [0.4, 0.5) is 5.69 Å². The Morgan fingerprint density at radius 1 is 1.42 bits per heavy atom. The molecule has 0 atom stereocenters. The van der Waals surface area contributed by atoms with E-state index in [1.165, 1.54) is 6.42 Å². The molecule has 100 valence electrons. The minimum Gasteiger partial charge on any atom is -0.378 e. The number of hydrogen-bond donors (Lipinski definition) is 1. The van der Waals surface area contributed by atoms with Gasteiger partial charge in [-0.15, -0.1) is 0 Å². The van der Waals surface area contributed by atoms with Gasteiger partial charge in [-0.05, 0) is 37.8 Å². The molecule has 0 unspecified atom stereocenters. The van der Waals surface area contributed by atoms with Crippen LogP contribution in [0.2, 0.25) is 0 Å². The Kier molecular flexibility index (Phi) is 4.93. The number of ether oxygens (including phenoxy) is 1. The Balaban J connectivity index is 1.70. The molecule has 0 aliphatic heterocycles. The van der Waals surface area contributed by atoms with E-state index in [0.717, 1.165) is 19.3 Å². The average Bonchev–Trinajstić information content (AvgIpc) is 2.37. The first kappa shape index (κ1) is 13.6. The van der Waals surface area contributed by atoms with Gasteiger partial charge in [0.2, 0.25) is 5.91 Å². The van der Waals surface area contributed by atoms with Crippen LogP contribution in [0.5, 0.6) is 0 Å². The molecule has 1 aromatic rings. The topological polar surface area (TPSA) is 62.1 Å². The smallest absolute Gasteiger partial charge is 0.224 e. The second kappa shape index (κ2) is 6.91. The Morgan fingerprint density at radius 2 is 2.21 bits per heavy atom. The monoisotopic (exact) mass is 258 g/mol. The van der Waals surface area contributed by atoms with Crippen molar-refractivity contribution in [3.05, 3.63) is 29.8 Å². The lowest BCUT2D eigenvalue weighted by molar-refractivity contribution is -0.116. The standard InChI is InChI=1S/C15H18N2O2/c16-11-12-5-1-2-8-14(12)17-15(18)9-4-10-19-13-6-3-7-13/h1-2,5,8,13H,3-4,6-7,9-10H2,(H,17,18). The maximum Gasteiger partial charge on any atom is 0.224 e. The van der Waals surface area contributed by atoms with Crippen molar-refractivity contribution in [1.29, 1.82) is 5.26 Å². The molecule has 2 rings (SSSR count). The van der Waals surface area contributed by atoms with Gasteiger partial charge in [0.1, 0.15) is 6.07 Å². The van der Waals surface area contributed by atoms with Crippen molar-refractivity contribution in [3.8, 4) is 6.07 Å². The van der Waals surface area contributed by atoms with Gasteiger partial charge in [-0.1, -0.05) is 12.1 Å². The summed E-state index contributed by atoms with van der Waals surface area (Å²) in [6.45, 7) is 0.637. The number of amides is 1. The van der Waals surface area contributed by atoms with Crippen LogP contribution in [0.15, 0.2) is 24.3 Å². The summed E-state index contributed by atoms with van der Waals surface area (Å²) in [5.74, 6) is -0.0695. The molecule has 1 amide bonds. The number of anilines is 1. The molecule has 0 heterocycles. The van der Waals surface area contributed by atoms with Crippen LogP contribution >= 0.6 is 0 Å². The van der Waals surface area contributed by atoms with Gasteiger partial charge in [0.05, 0.1) is 17.4 Å². The Bertz CT molecular complexity index is 475. The zero-order valence-electron chi connectivity index (χ0n) is 10.9. The Labute approximate surface area is 113 Å². The summed E-state index contributed by atoms with van der Waals surface area (Å²) in [5.41, 5.74) is 1.07. The van der Waals surface area contributed by atoms with E-state index >= 15 is 0 Å². The van der Waals surface area contributed by atoms with Gasteiger partial charge in [0, 0.05) is 13.0 Å². The van der Waals surface area contributed by atoms with Crippen LogP contribution in [0.3, 0.4) is 0 Å². The lowest BCUT2D eigenvalue weighted by Gasteiger charge is -2.25. The summed E-state index contributed by atoms with van der Waals surface area (Å²) in [6.07, 6.45) is 5.13. The Morgan fingerprint density at radius 3 is 2.89 bits per heavy atom. The zero-order chi connectivity index (χ0) is 13.5. The summed E-state index contributed by atoms with van der Waals surface area (Å²) >= 11 is 0. The molecular formula is C15H18N2O2. The molecule has 1 aromatic carbocycles. The molecule has 0 bridgehead atoms. The quantitative estimate of drug-likeness (QED) is 0.798. The molecule has 4 nitrogen and oxygen atoms in total. The summed E-state index contributed by atoms with van der Waals surface area (Å²) in [4.78, 5) is 11.7. The van der Waals surface area contributed by atoms with E-state index in [-0.39, 0.29) is 5.91 Å². The number of nitrogens with zero attached hydrogens (tertiary/aromatic N) is 1. The number of nitrogens with one attached hydrogen (secondary N) is 1. The molecule has 0 saturated heterocycles. The van der Waals surface area contributed by atoms with Crippen molar-refractivity contribution >= 4 is 11.6 Å². The molecule has 0 aromatic heterocycles. The van der Waals surface area contributed by atoms with Crippen molar-refractivity contribution in [2.75, 3.05) is 11.9 Å². The molecular weight excluding hydrogens is 240 g/mol. The highest BCUT2D eigenvalue weighted by Crippen LogP contribution is 2.22. The zero-order valence-corrected chi connectivity index (χ0v) is 10.9. The number of para-hydroxylation sites is 1. The van der Waals surface area contributed by atoms with Crippen molar-refractivity contribution < 1.29 is 9.53 Å². The van der Waals surface area contributed by atoms with Crippen molar-refractivity contribution in [1.82, 2.24) is 0 Å². The molecule has 4 heteroatoms. The van der Waals surface area contributed by atoms with Gasteiger partial charge in [0.15, 0.2) is 0 Å². The SMILES string of the molecule is N#Cc1ccccc1NC(=O)CCCOC1CCC1. The van der Waals surface area contributed by atoms with E-state index in [4.69, 9.17) is 10.00 Å². The number of rotatable bonds is 6. The van der Waals surface area contributed by atoms with Gasteiger partial charge in [0.25, 0.3) is 0 Å². The average molecular weight is 258 g/mol. The van der Waals surface area contributed by atoms with Crippen LogP contribution in [-0.2, 0) is 9.53 Å². The van der Waals surface area contributed by atoms with Gasteiger partial charge >= 0.3 is 0 Å². The van der Waals surface area contributed by atoms with E-state index in [2.05, 4.69) is 11.4 Å². The third-order valence-electron chi connectivity index (χ3n) is 3.28. The molecule has 0 radical (unpaired) electrons. The number of carbonyl (C=O) groups excluding carboxylic acids is 1. The summed E-state index contributed by atoms with van der Waals surface area (Å²) in [7, 11) is 0. The van der Waals surface area contributed by atoms with Crippen LogP contribution in [0.1, 0.15) is 37.7 Å². The molecule has 1 aliphatic carbocycles. The molecule has 1 aliphatic rings. The lowest BCUT2D eigenvalue weighted by Crippen LogP contribution is -2.22. The first-order valence-corrected chi connectivity index (χ1v) is 6.70. The fourth-order valence-electron chi connectivity index (χ4n) is 1.92. The van der Waals surface area contributed by atoms with E-state index in [1.54, 1.807) is 24.3 Å². The molecule has 1 saturated carbocycles. The minimum atomic E-state index is -0.0695. The summed E-state index contributed by atoms with van der Waals surface area (Å²) in [6, 6.07) is 9.07. The van der Waals surface area contributed by atoms with Gasteiger partial charge < -0.3 is 10.1 Å². The highest BCUT2D eigenvalue weighted by atomic mass is 16.5. The van der Waals surface area contributed by atoms with Crippen LogP contribution in [0.25, 0.3) is 0 Å². The summed E-state index contributed by atoms with van der Waals surface area (Å²) in [5, 5.41) is 11.7. The van der Waals surface area contributed by atoms with Crippen molar-refractivity contribution in [3.63, 3.8) is 0 Å². The third-order valence-corrected chi connectivity index (χ3v) is 3.28. The number of hydrogen-bond acceptors (Lipinski definition) is 3. The highest BCUT2D eigenvalue weighted by molar-refractivity contribution is 5.92. The molecule has 19 heavy (non-hydrogen) atoms. The number of carbonyl (C=O) groups is 1. The van der Waals surface area contributed by atoms with Gasteiger partial charge in [-0.3, -0.25) is 4.79 Å². The second-order valence-corrected chi connectivity index (χ2v) is 4.73. The van der Waals surface area contributed by atoms with Crippen molar-refractivity contribution in [2.45, 2.75) is 38.2 Å². The molecule has 1 fully saturated rings. The maximum atomic E-state index is 11.7. The van der Waals surface area contributed by atoms with Crippen LogP contribution in [0, 0.1) is 11.3 Å². The van der Waals surface area contributed by atoms with Crippen LogP contribution in [-0.4, -0.2) is 18.6 Å². The molecule has 1 N–H and O–H groups in total. The normalized spacial score (nSPS) is 14.5. The predicted octanol–water partition coefficient (Wildman–Crippen LogP) is 2.85. The van der Waals surface area contributed by atoms with Crippen LogP contribution < -0.4 is 5.32 Å². The summed E-state index contributed by atoms with van der Waals surface area (Å²) < 4.78 is 5.59. The van der Waals surface area contributed by atoms with Gasteiger partial charge in [-0.25, -0.2) is 0 Å². The second-order valence-electron chi connectivity index (χ2n) is 4.73. The van der Waals surface area contributed by atoms with Gasteiger partial charge in [-0.2, -0.15) is 5.26 Å².